The zero-order chi connectivity index (χ0) is 13.5. The van der Waals surface area contributed by atoms with E-state index in [1.54, 1.807) is 25.3 Å². The Balaban J connectivity index is 3.03. The lowest BCUT2D eigenvalue weighted by atomic mass is 10.1. The molecule has 1 aromatic rings. The van der Waals surface area contributed by atoms with Crippen molar-refractivity contribution in [1.29, 1.82) is 0 Å². The third kappa shape index (κ3) is 3.85. The fourth-order valence-electron chi connectivity index (χ4n) is 1.46. The van der Waals surface area contributed by atoms with Crippen molar-refractivity contribution in [3.05, 3.63) is 29.3 Å². The van der Waals surface area contributed by atoms with Gasteiger partial charge in [-0.1, -0.05) is 6.07 Å². The van der Waals surface area contributed by atoms with Crippen LogP contribution in [-0.2, 0) is 20.7 Å². The maximum absolute atomic E-state index is 11.5. The molecule has 0 radical (unpaired) electrons. The Labute approximate surface area is 106 Å². The van der Waals surface area contributed by atoms with E-state index in [0.29, 0.717) is 13.0 Å². The van der Waals surface area contributed by atoms with Crippen molar-refractivity contribution in [2.45, 2.75) is 13.3 Å². The number of rotatable bonds is 5. The van der Waals surface area contributed by atoms with E-state index in [4.69, 9.17) is 9.47 Å². The third-order valence-corrected chi connectivity index (χ3v) is 2.30. The zero-order valence-corrected chi connectivity index (χ0v) is 10.7. The monoisotopic (exact) mass is 252 g/mol. The molecule has 0 atom stereocenters. The van der Waals surface area contributed by atoms with Crippen molar-refractivity contribution in [2.75, 3.05) is 20.8 Å². The summed E-state index contributed by atoms with van der Waals surface area (Å²) in [5.74, 6) is -0.809. The van der Waals surface area contributed by atoms with Gasteiger partial charge in [0.2, 0.25) is 0 Å². The van der Waals surface area contributed by atoms with Gasteiger partial charge < -0.3 is 14.2 Å². The van der Waals surface area contributed by atoms with Gasteiger partial charge in [-0.25, -0.2) is 4.79 Å². The summed E-state index contributed by atoms with van der Waals surface area (Å²) < 4.78 is 14.6. The quantitative estimate of drug-likeness (QED) is 0.588. The number of benzene rings is 1. The van der Waals surface area contributed by atoms with Crippen LogP contribution in [0, 0.1) is 0 Å². The molecule has 0 unspecified atom stereocenters. The van der Waals surface area contributed by atoms with Crippen molar-refractivity contribution >= 4 is 11.9 Å². The minimum Gasteiger partial charge on any atom is -0.465 e. The molecule has 1 aromatic carbocycles. The topological polar surface area (TPSA) is 61.8 Å². The lowest BCUT2D eigenvalue weighted by Gasteiger charge is -2.09. The van der Waals surface area contributed by atoms with E-state index in [2.05, 4.69) is 4.74 Å². The Morgan fingerprint density at radius 1 is 1.22 bits per heavy atom. The van der Waals surface area contributed by atoms with Crippen LogP contribution in [0.5, 0.6) is 5.75 Å². The second-order valence-corrected chi connectivity index (χ2v) is 3.66. The second kappa shape index (κ2) is 6.76. The molecule has 0 saturated heterocycles. The van der Waals surface area contributed by atoms with E-state index in [1.807, 2.05) is 0 Å². The summed E-state index contributed by atoms with van der Waals surface area (Å²) in [5, 5.41) is 0. The second-order valence-electron chi connectivity index (χ2n) is 3.66. The Morgan fingerprint density at radius 2 is 1.94 bits per heavy atom. The van der Waals surface area contributed by atoms with E-state index < -0.39 is 11.9 Å². The molecule has 18 heavy (non-hydrogen) atoms. The zero-order valence-electron chi connectivity index (χ0n) is 10.7. The minimum atomic E-state index is -0.537. The SMILES string of the molecule is COCCc1ccc(C(=O)OC)c(OC(C)=O)c1. The summed E-state index contributed by atoms with van der Waals surface area (Å²) in [6.07, 6.45) is 0.673. The molecule has 0 aromatic heterocycles. The Kier molecular flexibility index (Phi) is 5.32. The predicted octanol–water partition coefficient (Wildman–Crippen LogP) is 1.59. The number of hydrogen-bond donors (Lipinski definition) is 0. The van der Waals surface area contributed by atoms with Crippen LogP contribution in [-0.4, -0.2) is 32.8 Å². The largest absolute Gasteiger partial charge is 0.465 e. The number of esters is 2. The summed E-state index contributed by atoms with van der Waals surface area (Å²) in [5.41, 5.74) is 1.15. The van der Waals surface area contributed by atoms with Crippen molar-refractivity contribution < 1.29 is 23.8 Å². The molecule has 0 spiro atoms. The van der Waals surface area contributed by atoms with Crippen LogP contribution in [0.25, 0.3) is 0 Å². The molecule has 98 valence electrons. The molecule has 0 bridgehead atoms. The summed E-state index contributed by atoms with van der Waals surface area (Å²) in [6.45, 7) is 1.83. The van der Waals surface area contributed by atoms with Crippen LogP contribution >= 0.6 is 0 Å². The molecule has 5 heteroatoms. The number of hydrogen-bond acceptors (Lipinski definition) is 5. The van der Waals surface area contributed by atoms with Crippen LogP contribution in [0.2, 0.25) is 0 Å². The molecule has 0 amide bonds. The van der Waals surface area contributed by atoms with Gasteiger partial charge in [-0.3, -0.25) is 4.79 Å². The summed E-state index contributed by atoms with van der Waals surface area (Å²) in [7, 11) is 2.88. The lowest BCUT2D eigenvalue weighted by Crippen LogP contribution is -2.09. The average molecular weight is 252 g/mol. The van der Waals surface area contributed by atoms with Crippen LogP contribution in [0.3, 0.4) is 0 Å². The highest BCUT2D eigenvalue weighted by molar-refractivity contribution is 5.93. The molecule has 0 saturated carbocycles. The van der Waals surface area contributed by atoms with E-state index in [1.165, 1.54) is 14.0 Å². The maximum atomic E-state index is 11.5. The summed E-state index contributed by atoms with van der Waals surface area (Å²) in [6, 6.07) is 5.00. The summed E-state index contributed by atoms with van der Waals surface area (Å²) in [4.78, 5) is 22.5. The molecule has 0 aliphatic rings. The Hall–Kier alpha value is -1.88. The van der Waals surface area contributed by atoms with Gasteiger partial charge >= 0.3 is 11.9 Å². The van der Waals surface area contributed by atoms with Gasteiger partial charge in [-0.2, -0.15) is 0 Å². The normalized spacial score (nSPS) is 9.94. The lowest BCUT2D eigenvalue weighted by molar-refractivity contribution is -0.131. The third-order valence-electron chi connectivity index (χ3n) is 2.30. The molecule has 5 nitrogen and oxygen atoms in total. The smallest absolute Gasteiger partial charge is 0.341 e. The van der Waals surface area contributed by atoms with E-state index in [9.17, 15) is 9.59 Å². The first-order valence-corrected chi connectivity index (χ1v) is 5.47. The van der Waals surface area contributed by atoms with Crippen molar-refractivity contribution in [3.63, 3.8) is 0 Å². The number of ether oxygens (including phenoxy) is 3. The molecule has 0 heterocycles. The van der Waals surface area contributed by atoms with Gasteiger partial charge in [0, 0.05) is 14.0 Å². The van der Waals surface area contributed by atoms with Crippen LogP contribution in [0.15, 0.2) is 18.2 Å². The predicted molar refractivity (Wildman–Crippen MR) is 64.7 cm³/mol. The summed E-state index contributed by atoms with van der Waals surface area (Å²) >= 11 is 0. The fraction of sp³-hybridized carbons (Fsp3) is 0.385. The van der Waals surface area contributed by atoms with Gasteiger partial charge in [-0.15, -0.1) is 0 Å². The van der Waals surface area contributed by atoms with Crippen molar-refractivity contribution in [2.24, 2.45) is 0 Å². The highest BCUT2D eigenvalue weighted by atomic mass is 16.5. The van der Waals surface area contributed by atoms with Gasteiger partial charge in [0.1, 0.15) is 11.3 Å². The highest BCUT2D eigenvalue weighted by Gasteiger charge is 2.15. The fourth-order valence-corrected chi connectivity index (χ4v) is 1.46. The molecule has 0 aliphatic carbocycles. The Morgan fingerprint density at radius 3 is 2.50 bits per heavy atom. The molecular weight excluding hydrogens is 236 g/mol. The first-order chi connectivity index (χ1) is 8.58. The van der Waals surface area contributed by atoms with E-state index >= 15 is 0 Å². The molecule has 0 fully saturated rings. The molecular formula is C13H16O5. The number of carbonyl (C=O) groups is 2. The van der Waals surface area contributed by atoms with E-state index in [0.717, 1.165) is 5.56 Å². The molecule has 0 aliphatic heterocycles. The van der Waals surface area contributed by atoms with Gasteiger partial charge in [-0.05, 0) is 24.1 Å². The van der Waals surface area contributed by atoms with Gasteiger partial charge in [0.05, 0.1) is 13.7 Å². The van der Waals surface area contributed by atoms with E-state index in [-0.39, 0.29) is 11.3 Å². The maximum Gasteiger partial charge on any atom is 0.341 e. The van der Waals surface area contributed by atoms with Gasteiger partial charge in [0.25, 0.3) is 0 Å². The first-order valence-electron chi connectivity index (χ1n) is 5.47. The number of carbonyl (C=O) groups excluding carboxylic acids is 2. The average Bonchev–Trinajstić information content (AvgIpc) is 2.35. The molecule has 1 rings (SSSR count). The number of methoxy groups -OCH3 is 2. The van der Waals surface area contributed by atoms with Gasteiger partial charge in [0.15, 0.2) is 0 Å². The van der Waals surface area contributed by atoms with Crippen LogP contribution in [0.1, 0.15) is 22.8 Å². The first kappa shape index (κ1) is 14.2. The standard InChI is InChI=1S/C13H16O5/c1-9(14)18-12-8-10(6-7-16-2)4-5-11(12)13(15)17-3/h4-5,8H,6-7H2,1-3H3. The van der Waals surface area contributed by atoms with Crippen LogP contribution in [0.4, 0.5) is 0 Å². The Bertz CT molecular complexity index is 439. The molecule has 0 N–H and O–H groups in total. The highest BCUT2D eigenvalue weighted by Crippen LogP contribution is 2.22. The van der Waals surface area contributed by atoms with Crippen molar-refractivity contribution in [1.82, 2.24) is 0 Å². The van der Waals surface area contributed by atoms with Crippen LogP contribution < -0.4 is 4.74 Å². The minimum absolute atomic E-state index is 0.211. The van der Waals surface area contributed by atoms with Crippen molar-refractivity contribution in [3.8, 4) is 5.75 Å².